The second kappa shape index (κ2) is 14.2. The van der Waals surface area contributed by atoms with Gasteiger partial charge in [0.25, 0.3) is 9.28 Å². The molecule has 0 fully saturated rings. The van der Waals surface area contributed by atoms with Crippen LogP contribution in [-0.4, -0.2) is 34.5 Å². The van der Waals surface area contributed by atoms with Crippen LogP contribution in [0.1, 0.15) is 0 Å². The predicted octanol–water partition coefficient (Wildman–Crippen LogP) is 4.92. The largest absolute Gasteiger partial charge is 0.431 e. The monoisotopic (exact) mass is 668 g/mol. The van der Waals surface area contributed by atoms with Gasteiger partial charge in [0.15, 0.2) is 0 Å². The quantitative estimate of drug-likeness (QED) is 0.173. The molecule has 0 spiro atoms. The third kappa shape index (κ3) is 6.63. The van der Waals surface area contributed by atoms with Gasteiger partial charge in [-0.25, -0.2) is 0 Å². The second-order valence-corrected chi connectivity index (χ2v) is 24.5. The Balaban J connectivity index is 1.51. The van der Waals surface area contributed by atoms with Crippen LogP contribution >= 0.6 is 0 Å². The van der Waals surface area contributed by atoms with Gasteiger partial charge in [0, 0.05) is 0 Å². The van der Waals surface area contributed by atoms with Crippen molar-refractivity contribution in [2.45, 2.75) is 19.6 Å². The maximum absolute atomic E-state index is 7.89. The van der Waals surface area contributed by atoms with Crippen LogP contribution in [0.4, 0.5) is 0 Å². The first kappa shape index (κ1) is 32.0. The van der Waals surface area contributed by atoms with Gasteiger partial charge in [-0.2, -0.15) is 0 Å². The van der Waals surface area contributed by atoms with Crippen molar-refractivity contribution < 1.29 is 12.3 Å². The van der Waals surface area contributed by atoms with Crippen LogP contribution in [0.5, 0.6) is 0 Å². The summed E-state index contributed by atoms with van der Waals surface area (Å²) in [6.07, 6.45) is 0. The fourth-order valence-corrected chi connectivity index (χ4v) is 24.0. The summed E-state index contributed by atoms with van der Waals surface area (Å²) in [6, 6.07) is 64.0. The van der Waals surface area contributed by atoms with Crippen molar-refractivity contribution in [2.75, 3.05) is 0 Å². The van der Waals surface area contributed by atoms with E-state index in [1.807, 2.05) is 0 Å². The van der Waals surface area contributed by atoms with E-state index in [1.54, 1.807) is 0 Å². The molecular formula is C39H40O3Si4. The lowest BCUT2D eigenvalue weighted by Gasteiger charge is -2.43. The Kier molecular flexibility index (Phi) is 9.91. The summed E-state index contributed by atoms with van der Waals surface area (Å²) >= 11 is 0. The fourth-order valence-electron chi connectivity index (χ4n) is 6.25. The maximum Gasteiger partial charge on any atom is 0.388 e. The first-order valence-corrected chi connectivity index (χ1v) is 24.6. The Hall–Kier alpha value is -3.93. The van der Waals surface area contributed by atoms with Gasteiger partial charge in [-0.1, -0.05) is 182 Å². The molecular weight excluding hydrogens is 629 g/mol. The third-order valence-electron chi connectivity index (χ3n) is 8.69. The van der Waals surface area contributed by atoms with Gasteiger partial charge < -0.3 is 12.3 Å². The van der Waals surface area contributed by atoms with Gasteiger partial charge in [0.05, 0.1) is 0 Å². The highest BCUT2D eigenvalue weighted by Crippen LogP contribution is 2.21. The minimum atomic E-state index is -3.39. The molecule has 0 aliphatic heterocycles. The average Bonchev–Trinajstić information content (AvgIpc) is 3.13. The third-order valence-corrected chi connectivity index (χ3v) is 25.3. The van der Waals surface area contributed by atoms with Crippen molar-refractivity contribution in [2.24, 2.45) is 0 Å². The zero-order valence-electron chi connectivity index (χ0n) is 26.6. The van der Waals surface area contributed by atoms with E-state index in [9.17, 15) is 0 Å². The molecule has 0 heterocycles. The van der Waals surface area contributed by atoms with E-state index in [0.717, 1.165) is 10.4 Å². The van der Waals surface area contributed by atoms with E-state index in [4.69, 9.17) is 12.3 Å². The van der Waals surface area contributed by atoms with E-state index in [1.165, 1.54) is 20.7 Å². The number of benzene rings is 6. The number of rotatable bonds is 12. The molecule has 7 heteroatoms. The van der Waals surface area contributed by atoms with Gasteiger partial charge in [-0.3, -0.25) is 0 Å². The van der Waals surface area contributed by atoms with Gasteiger partial charge in [0.2, 0.25) is 16.6 Å². The zero-order chi connectivity index (χ0) is 31.9. The summed E-state index contributed by atoms with van der Waals surface area (Å²) in [5.74, 6) is 0. The van der Waals surface area contributed by atoms with Crippen molar-refractivity contribution in [3.05, 3.63) is 182 Å². The molecule has 0 saturated heterocycles. The van der Waals surface area contributed by atoms with Gasteiger partial charge in [0.1, 0.15) is 0 Å². The fraction of sp³-hybridized carbons (Fsp3) is 0.0769. The summed E-state index contributed by atoms with van der Waals surface area (Å²) in [5.41, 5.74) is 0. The van der Waals surface area contributed by atoms with Crippen LogP contribution in [0, 0.1) is 0 Å². The molecule has 6 aromatic rings. The second-order valence-electron chi connectivity index (χ2n) is 11.8. The lowest BCUT2D eigenvalue weighted by molar-refractivity contribution is 0.371. The van der Waals surface area contributed by atoms with Crippen LogP contribution in [0.25, 0.3) is 0 Å². The standard InChI is InChI=1S/C39H40O3Si4/c1-43(40-44(2,34-22-10-4-11-23-34)35-24-12-5-13-25-35)41-46(38-30-18-8-19-31-38,39-32-20-9-21-33-39)42-45(3,36-26-14-6-15-27-36)37-28-16-7-17-29-37/h4-33,43H,1-3H3. The van der Waals surface area contributed by atoms with E-state index >= 15 is 0 Å². The molecule has 0 aliphatic carbocycles. The van der Waals surface area contributed by atoms with Gasteiger partial charge >= 0.3 is 8.56 Å². The SMILES string of the molecule is C[SiH](O[Si](C)(c1ccccc1)c1ccccc1)O[Si](O[Si](C)(c1ccccc1)c1ccccc1)(c1ccccc1)c1ccccc1. The smallest absolute Gasteiger partial charge is 0.388 e. The first-order chi connectivity index (χ1) is 22.4. The average molecular weight is 669 g/mol. The van der Waals surface area contributed by atoms with Crippen LogP contribution in [-0.2, 0) is 12.3 Å². The highest BCUT2D eigenvalue weighted by molar-refractivity contribution is 7.08. The Bertz CT molecular complexity index is 1680. The van der Waals surface area contributed by atoms with Crippen molar-refractivity contribution in [3.8, 4) is 0 Å². The van der Waals surface area contributed by atoms with E-state index in [2.05, 4.69) is 202 Å². The number of hydrogen-bond donors (Lipinski definition) is 0. The molecule has 46 heavy (non-hydrogen) atoms. The lowest BCUT2D eigenvalue weighted by Crippen LogP contribution is -2.74. The van der Waals surface area contributed by atoms with Crippen LogP contribution in [0.3, 0.4) is 0 Å². The summed E-state index contributed by atoms with van der Waals surface area (Å²) < 4.78 is 22.8. The van der Waals surface area contributed by atoms with E-state index in [0.29, 0.717) is 0 Å². The summed E-state index contributed by atoms with van der Waals surface area (Å²) in [6.45, 7) is 6.79. The number of hydrogen-bond acceptors (Lipinski definition) is 3. The molecule has 6 rings (SSSR count). The van der Waals surface area contributed by atoms with Crippen molar-refractivity contribution >= 4 is 65.6 Å². The molecule has 6 aromatic carbocycles. The van der Waals surface area contributed by atoms with Crippen molar-refractivity contribution in [1.29, 1.82) is 0 Å². The Morgan fingerprint density at radius 2 is 0.609 bits per heavy atom. The molecule has 0 saturated carbocycles. The zero-order valence-corrected chi connectivity index (χ0v) is 30.8. The highest BCUT2D eigenvalue weighted by Gasteiger charge is 2.52. The molecule has 3 nitrogen and oxygen atoms in total. The Morgan fingerprint density at radius 1 is 0.348 bits per heavy atom. The van der Waals surface area contributed by atoms with Gasteiger partial charge in [-0.15, -0.1) is 0 Å². The Morgan fingerprint density at radius 3 is 0.913 bits per heavy atom. The molecule has 0 N–H and O–H groups in total. The van der Waals surface area contributed by atoms with Crippen LogP contribution in [0.2, 0.25) is 19.6 Å². The topological polar surface area (TPSA) is 27.7 Å². The minimum Gasteiger partial charge on any atom is -0.431 e. The molecule has 0 amide bonds. The maximum atomic E-state index is 7.89. The molecule has 1 atom stereocenters. The van der Waals surface area contributed by atoms with E-state index < -0.39 is 34.5 Å². The molecule has 0 bridgehead atoms. The van der Waals surface area contributed by atoms with E-state index in [-0.39, 0.29) is 0 Å². The molecule has 0 aliphatic rings. The predicted molar refractivity (Wildman–Crippen MR) is 202 cm³/mol. The van der Waals surface area contributed by atoms with Crippen molar-refractivity contribution in [3.63, 3.8) is 0 Å². The normalized spacial score (nSPS) is 12.8. The summed E-state index contributed by atoms with van der Waals surface area (Å²) in [5, 5.41) is 7.03. The highest BCUT2D eigenvalue weighted by atomic mass is 28.5. The Labute approximate surface area is 278 Å². The lowest BCUT2D eigenvalue weighted by atomic mass is 10.4. The molecule has 0 radical (unpaired) electrons. The molecule has 0 aromatic heterocycles. The summed E-state index contributed by atoms with van der Waals surface area (Å²) in [7, 11) is -11.3. The molecule has 230 valence electrons. The first-order valence-electron chi connectivity index (χ1n) is 15.8. The minimum absolute atomic E-state index is 1.08. The van der Waals surface area contributed by atoms with Crippen LogP contribution < -0.4 is 31.1 Å². The summed E-state index contributed by atoms with van der Waals surface area (Å²) in [4.78, 5) is 0. The van der Waals surface area contributed by atoms with Crippen LogP contribution in [0.15, 0.2) is 182 Å². The van der Waals surface area contributed by atoms with Gasteiger partial charge in [-0.05, 0) is 50.8 Å². The van der Waals surface area contributed by atoms with Crippen molar-refractivity contribution in [1.82, 2.24) is 0 Å². The molecule has 1 unspecified atom stereocenters.